The second kappa shape index (κ2) is 9.89. The van der Waals surface area contributed by atoms with Crippen LogP contribution in [0.2, 0.25) is 0 Å². The Morgan fingerprint density at radius 2 is 1.48 bits per heavy atom. The van der Waals surface area contributed by atoms with Crippen molar-refractivity contribution in [2.75, 3.05) is 0 Å². The molecular weight excluding hydrogens is 383 g/mol. The molecule has 0 aromatic heterocycles. The maximum absolute atomic E-state index is 3.30. The van der Waals surface area contributed by atoms with E-state index in [0.717, 1.165) is 6.42 Å². The molecule has 4 aromatic carbocycles. The maximum Gasteiger partial charge on any atom is 4.00 e. The third-order valence-electron chi connectivity index (χ3n) is 4.16. The molecule has 25 heavy (non-hydrogen) atoms. The first-order valence-corrected chi connectivity index (χ1v) is 7.60. The van der Waals surface area contributed by atoms with E-state index in [1.807, 2.05) is 6.07 Å². The Kier molecular flexibility index (Phi) is 8.55. The number of hydrogen-bond acceptors (Lipinski definition) is 0. The fourth-order valence-electron chi connectivity index (χ4n) is 3.07. The summed E-state index contributed by atoms with van der Waals surface area (Å²) >= 11 is 0. The SMILES string of the molecule is [Cl-].[Cl-].[Ti+4].[c-]1cccc2c1Cc1ccccc1-2.c1ccc2[cH-]ccc2c1. The fraction of sp³-hybridized carbons (Fsp3) is 0.0455. The largest absolute Gasteiger partial charge is 4.00 e. The number of benzene rings is 3. The molecule has 1 aliphatic rings. The molecular formula is C22H16Cl2Ti. The number of rotatable bonds is 0. The summed E-state index contributed by atoms with van der Waals surface area (Å²) in [4.78, 5) is 0. The van der Waals surface area contributed by atoms with Crippen LogP contribution in [-0.2, 0) is 28.1 Å². The minimum atomic E-state index is 0. The average Bonchev–Trinajstić information content (AvgIpc) is 3.19. The molecule has 0 N–H and O–H groups in total. The van der Waals surface area contributed by atoms with Crippen LogP contribution in [0.1, 0.15) is 11.1 Å². The summed E-state index contributed by atoms with van der Waals surface area (Å²) in [6.45, 7) is 0. The molecule has 122 valence electrons. The van der Waals surface area contributed by atoms with Crippen LogP contribution in [0.25, 0.3) is 21.9 Å². The Balaban J connectivity index is 0.000000234. The summed E-state index contributed by atoms with van der Waals surface area (Å²) in [6.07, 6.45) is 1.05. The summed E-state index contributed by atoms with van der Waals surface area (Å²) in [6, 6.07) is 32.8. The maximum atomic E-state index is 3.30. The van der Waals surface area contributed by atoms with E-state index >= 15 is 0 Å². The molecule has 0 atom stereocenters. The summed E-state index contributed by atoms with van der Waals surface area (Å²) < 4.78 is 0. The van der Waals surface area contributed by atoms with Gasteiger partial charge in [-0.1, -0.05) is 41.5 Å². The minimum Gasteiger partial charge on any atom is -1.00 e. The van der Waals surface area contributed by atoms with Crippen molar-refractivity contribution in [3.8, 4) is 11.1 Å². The monoisotopic (exact) mass is 398 g/mol. The zero-order valence-electron chi connectivity index (χ0n) is 13.5. The normalized spacial score (nSPS) is 10.1. The molecule has 0 saturated heterocycles. The molecule has 1 aliphatic carbocycles. The molecule has 0 spiro atoms. The Bertz CT molecular complexity index is 854. The molecule has 0 saturated carbocycles. The van der Waals surface area contributed by atoms with Crippen LogP contribution in [0.3, 0.4) is 0 Å². The van der Waals surface area contributed by atoms with Gasteiger partial charge in [-0.05, 0) is 6.42 Å². The van der Waals surface area contributed by atoms with Crippen LogP contribution < -0.4 is 24.8 Å². The van der Waals surface area contributed by atoms with E-state index in [2.05, 4.69) is 84.9 Å². The van der Waals surface area contributed by atoms with Gasteiger partial charge in [-0.25, -0.2) is 0 Å². The third kappa shape index (κ3) is 4.60. The van der Waals surface area contributed by atoms with Crippen LogP contribution >= 0.6 is 0 Å². The molecule has 0 aliphatic heterocycles. The van der Waals surface area contributed by atoms with E-state index in [9.17, 15) is 0 Å². The van der Waals surface area contributed by atoms with E-state index < -0.39 is 0 Å². The van der Waals surface area contributed by atoms with Gasteiger partial charge in [0.05, 0.1) is 0 Å². The van der Waals surface area contributed by atoms with Gasteiger partial charge in [0.2, 0.25) is 0 Å². The molecule has 0 amide bonds. The predicted octanol–water partition coefficient (Wildman–Crippen LogP) is -0.378. The van der Waals surface area contributed by atoms with E-state index in [1.54, 1.807) is 0 Å². The first kappa shape index (κ1) is 21.6. The Labute approximate surface area is 176 Å². The second-order valence-corrected chi connectivity index (χ2v) is 5.55. The predicted molar refractivity (Wildman–Crippen MR) is 93.1 cm³/mol. The van der Waals surface area contributed by atoms with Gasteiger partial charge in [-0.2, -0.15) is 47.3 Å². The van der Waals surface area contributed by atoms with Gasteiger partial charge in [0, 0.05) is 0 Å². The van der Waals surface area contributed by atoms with E-state index in [4.69, 9.17) is 0 Å². The van der Waals surface area contributed by atoms with Gasteiger partial charge in [-0.15, -0.1) is 35.2 Å². The van der Waals surface area contributed by atoms with Crippen LogP contribution in [0.15, 0.2) is 84.9 Å². The van der Waals surface area contributed by atoms with Crippen molar-refractivity contribution in [2.24, 2.45) is 0 Å². The minimum absolute atomic E-state index is 0. The topological polar surface area (TPSA) is 0 Å². The molecule has 0 heterocycles. The number of hydrogen-bond donors (Lipinski definition) is 0. The quantitative estimate of drug-likeness (QED) is 0.246. The summed E-state index contributed by atoms with van der Waals surface area (Å²) in [5, 5.41) is 2.66. The van der Waals surface area contributed by atoms with Crippen molar-refractivity contribution in [1.82, 2.24) is 0 Å². The fourth-order valence-corrected chi connectivity index (χ4v) is 3.07. The average molecular weight is 399 g/mol. The first-order chi connectivity index (χ1) is 10.9. The van der Waals surface area contributed by atoms with Crippen molar-refractivity contribution in [3.63, 3.8) is 0 Å². The smallest absolute Gasteiger partial charge is 1.00 e. The van der Waals surface area contributed by atoms with E-state index in [1.165, 1.54) is 33.0 Å². The first-order valence-electron chi connectivity index (χ1n) is 7.60. The van der Waals surface area contributed by atoms with Crippen molar-refractivity contribution in [3.05, 3.63) is 102 Å². The summed E-state index contributed by atoms with van der Waals surface area (Å²) in [7, 11) is 0. The van der Waals surface area contributed by atoms with Gasteiger partial charge < -0.3 is 24.8 Å². The van der Waals surface area contributed by atoms with Gasteiger partial charge in [0.25, 0.3) is 0 Å². The molecule has 0 fully saturated rings. The molecule has 3 heteroatoms. The molecule has 4 aromatic rings. The van der Waals surface area contributed by atoms with E-state index in [-0.39, 0.29) is 46.5 Å². The van der Waals surface area contributed by atoms with Crippen LogP contribution in [0.4, 0.5) is 0 Å². The van der Waals surface area contributed by atoms with Crippen LogP contribution in [0.5, 0.6) is 0 Å². The molecule has 0 nitrogen and oxygen atoms in total. The molecule has 0 bridgehead atoms. The zero-order valence-corrected chi connectivity index (χ0v) is 16.6. The van der Waals surface area contributed by atoms with Gasteiger partial charge in [-0.3, -0.25) is 0 Å². The summed E-state index contributed by atoms with van der Waals surface area (Å²) in [5.74, 6) is 0. The van der Waals surface area contributed by atoms with Crippen molar-refractivity contribution < 1.29 is 46.5 Å². The Morgan fingerprint density at radius 1 is 0.760 bits per heavy atom. The van der Waals surface area contributed by atoms with Gasteiger partial charge >= 0.3 is 21.7 Å². The second-order valence-electron chi connectivity index (χ2n) is 5.55. The summed E-state index contributed by atoms with van der Waals surface area (Å²) in [5.41, 5.74) is 5.51. The molecule has 0 radical (unpaired) electrons. The van der Waals surface area contributed by atoms with E-state index in [0.29, 0.717) is 0 Å². The Morgan fingerprint density at radius 3 is 2.32 bits per heavy atom. The van der Waals surface area contributed by atoms with Crippen molar-refractivity contribution in [1.29, 1.82) is 0 Å². The van der Waals surface area contributed by atoms with Crippen molar-refractivity contribution in [2.45, 2.75) is 6.42 Å². The standard InChI is InChI=1S/C13H9.C9H7.2ClH.Ti/c1-3-7-12-10(5-1)9-11-6-2-4-8-13(11)12;1-2-5-9-7-3-6-8(9)4-1;;;/h1-5,7-8H,9H2;1-7H;2*1H;/q2*-1;;;+4/p-2. The number of halogens is 2. The van der Waals surface area contributed by atoms with Crippen LogP contribution in [-0.4, -0.2) is 0 Å². The Hall–Kier alpha value is -1.44. The van der Waals surface area contributed by atoms with Gasteiger partial charge in [0.15, 0.2) is 0 Å². The molecule has 0 unspecified atom stereocenters. The van der Waals surface area contributed by atoms with Crippen molar-refractivity contribution >= 4 is 10.8 Å². The van der Waals surface area contributed by atoms with Gasteiger partial charge in [0.1, 0.15) is 0 Å². The number of fused-ring (bicyclic) bond motifs is 4. The zero-order chi connectivity index (χ0) is 14.8. The van der Waals surface area contributed by atoms with Crippen LogP contribution in [0, 0.1) is 6.07 Å². The molecule has 5 rings (SSSR count). The third-order valence-corrected chi connectivity index (χ3v) is 4.16.